The van der Waals surface area contributed by atoms with Crippen LogP contribution in [0, 0.1) is 0 Å². The molecule has 6 heteroatoms. The largest absolute Gasteiger partial charge is 0.352 e. The van der Waals surface area contributed by atoms with Crippen LogP contribution in [0.15, 0.2) is 36.9 Å². The van der Waals surface area contributed by atoms with Gasteiger partial charge in [-0.3, -0.25) is 4.79 Å². The maximum atomic E-state index is 11.8. The Morgan fingerprint density at radius 3 is 3.11 bits per heavy atom. The molecule has 0 aliphatic heterocycles. The third-order valence-corrected chi connectivity index (χ3v) is 2.36. The molecule has 18 heavy (non-hydrogen) atoms. The topological polar surface area (TPSA) is 83.6 Å². The number of amides is 1. The smallest absolute Gasteiger partial charge is 0.251 e. The van der Waals surface area contributed by atoms with Crippen molar-refractivity contribution in [2.24, 2.45) is 0 Å². The Morgan fingerprint density at radius 2 is 2.39 bits per heavy atom. The van der Waals surface area contributed by atoms with Crippen molar-refractivity contribution >= 4 is 5.91 Å². The Labute approximate surface area is 104 Å². The molecule has 6 nitrogen and oxygen atoms in total. The number of tetrazole rings is 1. The second-order valence-electron chi connectivity index (χ2n) is 3.65. The van der Waals surface area contributed by atoms with E-state index in [4.69, 9.17) is 0 Å². The van der Waals surface area contributed by atoms with Crippen LogP contribution in [0.3, 0.4) is 0 Å². The zero-order valence-electron chi connectivity index (χ0n) is 9.76. The van der Waals surface area contributed by atoms with Crippen molar-refractivity contribution in [1.82, 2.24) is 25.9 Å². The molecular weight excluding hydrogens is 230 g/mol. The minimum absolute atomic E-state index is 0.123. The third kappa shape index (κ3) is 2.79. The maximum absolute atomic E-state index is 11.8. The van der Waals surface area contributed by atoms with Crippen molar-refractivity contribution in [1.29, 1.82) is 0 Å². The Bertz CT molecular complexity index is 535. The summed E-state index contributed by atoms with van der Waals surface area (Å²) >= 11 is 0. The predicted molar refractivity (Wildman–Crippen MR) is 66.8 cm³/mol. The zero-order valence-corrected chi connectivity index (χ0v) is 9.76. The van der Waals surface area contributed by atoms with Crippen LogP contribution in [-0.2, 0) is 0 Å². The summed E-state index contributed by atoms with van der Waals surface area (Å²) in [5.41, 5.74) is 1.32. The lowest BCUT2D eigenvalue weighted by atomic mass is 10.1. The lowest BCUT2D eigenvalue weighted by Crippen LogP contribution is -2.24. The van der Waals surface area contributed by atoms with E-state index in [1.54, 1.807) is 24.3 Å². The molecule has 0 fully saturated rings. The number of aromatic nitrogens is 4. The molecule has 0 saturated heterocycles. The van der Waals surface area contributed by atoms with Crippen molar-refractivity contribution < 1.29 is 4.79 Å². The van der Waals surface area contributed by atoms with Gasteiger partial charge in [0.15, 0.2) is 0 Å². The summed E-state index contributed by atoms with van der Waals surface area (Å²) in [6.07, 6.45) is 2.51. The standard InChI is InChI=1S/C12H13N5O/c1-2-3-7-13-12(18)10-6-4-5-9(8-10)11-14-16-17-15-11/h2,4-6,8H,1,3,7H2,(H,13,18)(H,14,15,16,17). The zero-order chi connectivity index (χ0) is 12.8. The summed E-state index contributed by atoms with van der Waals surface area (Å²) in [5, 5.41) is 16.4. The lowest BCUT2D eigenvalue weighted by molar-refractivity contribution is 0.0954. The van der Waals surface area contributed by atoms with E-state index in [0.717, 1.165) is 12.0 Å². The number of nitrogens with one attached hydrogen (secondary N) is 2. The van der Waals surface area contributed by atoms with E-state index in [1.165, 1.54) is 0 Å². The van der Waals surface area contributed by atoms with Crippen LogP contribution in [0.1, 0.15) is 16.8 Å². The molecule has 0 aliphatic carbocycles. The van der Waals surface area contributed by atoms with Crippen molar-refractivity contribution in [3.8, 4) is 11.4 Å². The average molecular weight is 243 g/mol. The summed E-state index contributed by atoms with van der Waals surface area (Å²) in [4.78, 5) is 11.8. The first-order chi connectivity index (χ1) is 8.81. The quantitative estimate of drug-likeness (QED) is 0.610. The van der Waals surface area contributed by atoms with Gasteiger partial charge < -0.3 is 5.32 Å². The monoisotopic (exact) mass is 243 g/mol. The second-order valence-corrected chi connectivity index (χ2v) is 3.65. The minimum atomic E-state index is -0.123. The highest BCUT2D eigenvalue weighted by Gasteiger charge is 2.08. The highest BCUT2D eigenvalue weighted by Crippen LogP contribution is 2.14. The van der Waals surface area contributed by atoms with Gasteiger partial charge in [0.2, 0.25) is 5.82 Å². The number of rotatable bonds is 5. The summed E-state index contributed by atoms with van der Waals surface area (Å²) < 4.78 is 0. The van der Waals surface area contributed by atoms with Gasteiger partial charge in [0.05, 0.1) is 0 Å². The fraction of sp³-hybridized carbons (Fsp3) is 0.167. The van der Waals surface area contributed by atoms with E-state index in [9.17, 15) is 4.79 Å². The van der Waals surface area contributed by atoms with Gasteiger partial charge in [0.1, 0.15) is 0 Å². The fourth-order valence-electron chi connectivity index (χ4n) is 1.47. The average Bonchev–Trinajstić information content (AvgIpc) is 2.93. The first kappa shape index (κ1) is 12.0. The molecule has 0 bridgehead atoms. The first-order valence-corrected chi connectivity index (χ1v) is 5.54. The van der Waals surface area contributed by atoms with E-state index in [-0.39, 0.29) is 5.91 Å². The molecule has 2 aromatic rings. The second kappa shape index (κ2) is 5.72. The van der Waals surface area contributed by atoms with Gasteiger partial charge in [-0.1, -0.05) is 18.2 Å². The van der Waals surface area contributed by atoms with Crippen LogP contribution in [0.2, 0.25) is 0 Å². The van der Waals surface area contributed by atoms with Crippen molar-refractivity contribution in [2.75, 3.05) is 6.54 Å². The Kier molecular flexibility index (Phi) is 3.80. The molecule has 1 amide bonds. The SMILES string of the molecule is C=CCCNC(=O)c1cccc(-c2nn[nH]n2)c1. The molecule has 92 valence electrons. The number of hydrogen-bond donors (Lipinski definition) is 2. The molecule has 2 N–H and O–H groups in total. The van der Waals surface area contributed by atoms with E-state index in [0.29, 0.717) is 17.9 Å². The molecule has 0 atom stereocenters. The molecule has 2 rings (SSSR count). The van der Waals surface area contributed by atoms with Gasteiger partial charge in [-0.25, -0.2) is 0 Å². The molecule has 0 radical (unpaired) electrons. The Morgan fingerprint density at radius 1 is 1.50 bits per heavy atom. The maximum Gasteiger partial charge on any atom is 0.251 e. The normalized spacial score (nSPS) is 10.0. The minimum Gasteiger partial charge on any atom is -0.352 e. The molecule has 1 heterocycles. The molecule has 0 spiro atoms. The summed E-state index contributed by atoms with van der Waals surface area (Å²) in [6, 6.07) is 7.08. The van der Waals surface area contributed by atoms with Gasteiger partial charge in [0, 0.05) is 17.7 Å². The van der Waals surface area contributed by atoms with E-state index in [1.807, 2.05) is 6.07 Å². The van der Waals surface area contributed by atoms with Gasteiger partial charge in [-0.2, -0.15) is 5.21 Å². The van der Waals surface area contributed by atoms with Crippen molar-refractivity contribution in [2.45, 2.75) is 6.42 Å². The first-order valence-electron chi connectivity index (χ1n) is 5.54. The van der Waals surface area contributed by atoms with Crippen LogP contribution >= 0.6 is 0 Å². The molecular formula is C12H13N5O. The fourth-order valence-corrected chi connectivity index (χ4v) is 1.47. The Hall–Kier alpha value is -2.50. The van der Waals surface area contributed by atoms with Crippen molar-refractivity contribution in [3.05, 3.63) is 42.5 Å². The van der Waals surface area contributed by atoms with Gasteiger partial charge in [0.25, 0.3) is 5.91 Å². The van der Waals surface area contributed by atoms with E-state index >= 15 is 0 Å². The number of carbonyl (C=O) groups is 1. The molecule has 0 saturated carbocycles. The number of H-pyrrole nitrogens is 1. The highest BCUT2D eigenvalue weighted by molar-refractivity contribution is 5.95. The van der Waals surface area contributed by atoms with E-state index in [2.05, 4.69) is 32.5 Å². The van der Waals surface area contributed by atoms with Crippen LogP contribution in [-0.4, -0.2) is 33.1 Å². The van der Waals surface area contributed by atoms with Gasteiger partial charge in [-0.15, -0.1) is 16.8 Å². The van der Waals surface area contributed by atoms with E-state index < -0.39 is 0 Å². The van der Waals surface area contributed by atoms with Crippen LogP contribution in [0.25, 0.3) is 11.4 Å². The summed E-state index contributed by atoms with van der Waals surface area (Å²) in [5.74, 6) is 0.345. The van der Waals surface area contributed by atoms with Gasteiger partial charge >= 0.3 is 0 Å². The molecule has 0 aliphatic rings. The molecule has 1 aromatic heterocycles. The molecule has 0 unspecified atom stereocenters. The third-order valence-electron chi connectivity index (χ3n) is 2.36. The number of aromatic amines is 1. The van der Waals surface area contributed by atoms with Crippen LogP contribution in [0.4, 0.5) is 0 Å². The van der Waals surface area contributed by atoms with Crippen molar-refractivity contribution in [3.63, 3.8) is 0 Å². The number of carbonyl (C=O) groups excluding carboxylic acids is 1. The van der Waals surface area contributed by atoms with Crippen LogP contribution in [0.5, 0.6) is 0 Å². The predicted octanol–water partition coefficient (Wildman–Crippen LogP) is 1.17. The number of benzene rings is 1. The summed E-state index contributed by atoms with van der Waals surface area (Å²) in [7, 11) is 0. The summed E-state index contributed by atoms with van der Waals surface area (Å²) in [6.45, 7) is 4.18. The Balaban J connectivity index is 2.12. The number of nitrogens with zero attached hydrogens (tertiary/aromatic N) is 3. The highest BCUT2D eigenvalue weighted by atomic mass is 16.1. The molecule has 1 aromatic carbocycles. The van der Waals surface area contributed by atoms with Crippen LogP contribution < -0.4 is 5.32 Å². The number of hydrogen-bond acceptors (Lipinski definition) is 4. The van der Waals surface area contributed by atoms with Gasteiger partial charge in [-0.05, 0) is 23.8 Å². The lowest BCUT2D eigenvalue weighted by Gasteiger charge is -2.04.